The van der Waals surface area contributed by atoms with Gasteiger partial charge in [0, 0.05) is 49.4 Å². The zero-order valence-corrected chi connectivity index (χ0v) is 13.0. The average molecular weight is 300 g/mol. The van der Waals surface area contributed by atoms with E-state index in [2.05, 4.69) is 26.3 Å². The van der Waals surface area contributed by atoms with Crippen molar-refractivity contribution in [2.75, 3.05) is 39.4 Å². The molecule has 5 heteroatoms. The number of hydrogen-bond donors (Lipinski definition) is 2. The second-order valence-electron chi connectivity index (χ2n) is 6.35. The summed E-state index contributed by atoms with van der Waals surface area (Å²) in [6.07, 6.45) is 4.39. The van der Waals surface area contributed by atoms with E-state index in [-0.39, 0.29) is 0 Å². The largest absolute Gasteiger partial charge is 0.379 e. The number of pyridine rings is 1. The minimum atomic E-state index is 0.582. The van der Waals surface area contributed by atoms with Crippen LogP contribution in [-0.2, 0) is 11.3 Å². The number of aromatic nitrogens is 2. The Labute approximate surface area is 131 Å². The summed E-state index contributed by atoms with van der Waals surface area (Å²) in [5.41, 5.74) is 3.87. The number of piperidine rings is 1. The Morgan fingerprint density at radius 3 is 3.05 bits per heavy atom. The van der Waals surface area contributed by atoms with Crippen LogP contribution in [0, 0.1) is 0 Å². The van der Waals surface area contributed by atoms with Gasteiger partial charge in [0.1, 0.15) is 5.65 Å². The van der Waals surface area contributed by atoms with Crippen LogP contribution in [-0.4, -0.2) is 54.3 Å². The van der Waals surface area contributed by atoms with Crippen LogP contribution >= 0.6 is 0 Å². The third kappa shape index (κ3) is 2.76. The predicted molar refractivity (Wildman–Crippen MR) is 87.0 cm³/mol. The first kappa shape index (κ1) is 14.2. The van der Waals surface area contributed by atoms with Gasteiger partial charge in [-0.15, -0.1) is 0 Å². The van der Waals surface area contributed by atoms with Gasteiger partial charge in [0.25, 0.3) is 0 Å². The second-order valence-corrected chi connectivity index (χ2v) is 6.35. The molecule has 2 aromatic heterocycles. The molecule has 2 N–H and O–H groups in total. The van der Waals surface area contributed by atoms with Crippen LogP contribution in [0.15, 0.2) is 18.3 Å². The van der Waals surface area contributed by atoms with E-state index in [1.165, 1.54) is 29.5 Å². The van der Waals surface area contributed by atoms with Gasteiger partial charge in [0.05, 0.1) is 13.2 Å². The molecule has 2 aliphatic rings. The van der Waals surface area contributed by atoms with Crippen molar-refractivity contribution in [3.63, 3.8) is 0 Å². The average Bonchev–Trinajstić information content (AvgIpc) is 2.95. The van der Waals surface area contributed by atoms with Crippen molar-refractivity contribution in [2.24, 2.45) is 0 Å². The smallest absolute Gasteiger partial charge is 0.137 e. The van der Waals surface area contributed by atoms with Gasteiger partial charge in [0.15, 0.2) is 0 Å². The number of rotatable bonds is 3. The molecule has 0 amide bonds. The number of nitrogens with one attached hydrogen (secondary N) is 2. The molecule has 118 valence electrons. The topological polar surface area (TPSA) is 53.2 Å². The van der Waals surface area contributed by atoms with E-state index in [4.69, 9.17) is 4.74 Å². The Bertz CT molecular complexity index is 627. The fraction of sp³-hybridized carbons (Fsp3) is 0.588. The van der Waals surface area contributed by atoms with E-state index in [0.29, 0.717) is 5.92 Å². The van der Waals surface area contributed by atoms with E-state index in [0.717, 1.165) is 51.6 Å². The van der Waals surface area contributed by atoms with Gasteiger partial charge in [-0.05, 0) is 37.1 Å². The number of H-pyrrole nitrogens is 1. The van der Waals surface area contributed by atoms with Crippen molar-refractivity contribution in [3.8, 4) is 0 Å². The van der Waals surface area contributed by atoms with E-state index in [1.54, 1.807) is 0 Å². The Morgan fingerprint density at radius 2 is 2.23 bits per heavy atom. The zero-order chi connectivity index (χ0) is 14.8. The molecule has 0 aromatic carbocycles. The van der Waals surface area contributed by atoms with Crippen molar-refractivity contribution < 1.29 is 4.74 Å². The van der Waals surface area contributed by atoms with Crippen molar-refractivity contribution in [3.05, 3.63) is 29.6 Å². The van der Waals surface area contributed by atoms with Crippen molar-refractivity contribution in [2.45, 2.75) is 25.3 Å². The Hall–Kier alpha value is -1.43. The lowest BCUT2D eigenvalue weighted by Gasteiger charge is -2.28. The molecule has 0 unspecified atom stereocenters. The highest BCUT2D eigenvalue weighted by Crippen LogP contribution is 2.31. The van der Waals surface area contributed by atoms with Crippen molar-refractivity contribution >= 4 is 11.0 Å². The van der Waals surface area contributed by atoms with Crippen LogP contribution < -0.4 is 5.32 Å². The van der Waals surface area contributed by atoms with Gasteiger partial charge in [-0.1, -0.05) is 0 Å². The highest BCUT2D eigenvalue weighted by atomic mass is 16.5. The second kappa shape index (κ2) is 6.36. The molecule has 22 heavy (non-hydrogen) atoms. The number of aromatic amines is 1. The quantitative estimate of drug-likeness (QED) is 0.908. The molecular formula is C17H24N4O. The van der Waals surface area contributed by atoms with E-state index < -0.39 is 0 Å². The minimum absolute atomic E-state index is 0.582. The number of fused-ring (bicyclic) bond motifs is 1. The van der Waals surface area contributed by atoms with Crippen LogP contribution in [0.4, 0.5) is 0 Å². The SMILES string of the molecule is c1cnc2[nH]c([C@H]3CCCNC3)c(CN3CCOCC3)c2c1. The van der Waals surface area contributed by atoms with Gasteiger partial charge < -0.3 is 15.0 Å². The maximum atomic E-state index is 5.48. The standard InChI is InChI=1S/C17H24N4O/c1-3-13(11-18-5-1)16-15(12-21-7-9-22-10-8-21)14-4-2-6-19-17(14)20-16/h2,4,6,13,18H,1,3,5,7-12H2,(H,19,20)/t13-/m0/s1. The molecule has 5 nitrogen and oxygen atoms in total. The van der Waals surface area contributed by atoms with E-state index in [1.807, 2.05) is 12.3 Å². The summed E-state index contributed by atoms with van der Waals surface area (Å²) in [4.78, 5) is 10.6. The van der Waals surface area contributed by atoms with Gasteiger partial charge in [-0.3, -0.25) is 4.90 Å². The Balaban J connectivity index is 1.69. The fourth-order valence-electron chi connectivity index (χ4n) is 3.70. The highest BCUT2D eigenvalue weighted by Gasteiger charge is 2.24. The van der Waals surface area contributed by atoms with Crippen LogP contribution in [0.25, 0.3) is 11.0 Å². The molecule has 2 aromatic rings. The number of nitrogens with zero attached hydrogens (tertiary/aromatic N) is 2. The minimum Gasteiger partial charge on any atom is -0.379 e. The predicted octanol–water partition coefficient (Wildman–Crippen LogP) is 1.86. The van der Waals surface area contributed by atoms with Crippen LogP contribution in [0.3, 0.4) is 0 Å². The van der Waals surface area contributed by atoms with E-state index >= 15 is 0 Å². The van der Waals surface area contributed by atoms with Gasteiger partial charge in [-0.25, -0.2) is 4.98 Å². The molecule has 4 rings (SSSR count). The summed E-state index contributed by atoms with van der Waals surface area (Å²) in [5, 5.41) is 4.82. The van der Waals surface area contributed by atoms with Crippen LogP contribution in [0.5, 0.6) is 0 Å². The van der Waals surface area contributed by atoms with Gasteiger partial charge >= 0.3 is 0 Å². The van der Waals surface area contributed by atoms with Gasteiger partial charge in [0.2, 0.25) is 0 Å². The summed E-state index contributed by atoms with van der Waals surface area (Å²) < 4.78 is 5.48. The summed E-state index contributed by atoms with van der Waals surface area (Å²) in [6.45, 7) is 6.96. The first-order chi connectivity index (χ1) is 10.9. The third-order valence-corrected chi connectivity index (χ3v) is 4.90. The highest BCUT2D eigenvalue weighted by molar-refractivity contribution is 5.81. The first-order valence-corrected chi connectivity index (χ1v) is 8.38. The lowest BCUT2D eigenvalue weighted by atomic mass is 9.93. The third-order valence-electron chi connectivity index (χ3n) is 4.90. The molecule has 0 radical (unpaired) electrons. The lowest BCUT2D eigenvalue weighted by Crippen LogP contribution is -2.36. The summed E-state index contributed by atoms with van der Waals surface area (Å²) >= 11 is 0. The Morgan fingerprint density at radius 1 is 1.32 bits per heavy atom. The van der Waals surface area contributed by atoms with E-state index in [9.17, 15) is 0 Å². The summed E-state index contributed by atoms with van der Waals surface area (Å²) in [5.74, 6) is 0.582. The first-order valence-electron chi connectivity index (χ1n) is 8.38. The molecule has 0 bridgehead atoms. The van der Waals surface area contributed by atoms with Gasteiger partial charge in [-0.2, -0.15) is 0 Å². The Kier molecular flexibility index (Phi) is 4.10. The normalized spacial score (nSPS) is 23.9. The number of morpholine rings is 1. The maximum absolute atomic E-state index is 5.48. The lowest BCUT2D eigenvalue weighted by molar-refractivity contribution is 0.0342. The number of ether oxygens (including phenoxy) is 1. The van der Waals surface area contributed by atoms with Crippen LogP contribution in [0.2, 0.25) is 0 Å². The molecule has 1 atom stereocenters. The van der Waals surface area contributed by atoms with Crippen molar-refractivity contribution in [1.29, 1.82) is 0 Å². The summed E-state index contributed by atoms with van der Waals surface area (Å²) in [6, 6.07) is 4.25. The molecule has 0 spiro atoms. The zero-order valence-electron chi connectivity index (χ0n) is 13.0. The monoisotopic (exact) mass is 300 g/mol. The summed E-state index contributed by atoms with van der Waals surface area (Å²) in [7, 11) is 0. The molecular weight excluding hydrogens is 276 g/mol. The molecule has 0 saturated carbocycles. The van der Waals surface area contributed by atoms with Crippen LogP contribution in [0.1, 0.15) is 30.0 Å². The van der Waals surface area contributed by atoms with Crippen molar-refractivity contribution in [1.82, 2.24) is 20.2 Å². The molecule has 2 saturated heterocycles. The molecule has 4 heterocycles. The molecule has 2 fully saturated rings. The molecule has 2 aliphatic heterocycles. The molecule has 0 aliphatic carbocycles. The maximum Gasteiger partial charge on any atom is 0.137 e. The fourth-order valence-corrected chi connectivity index (χ4v) is 3.70. The number of hydrogen-bond acceptors (Lipinski definition) is 4.